The second-order valence-corrected chi connectivity index (χ2v) is 7.31. The zero-order chi connectivity index (χ0) is 22.0. The summed E-state index contributed by atoms with van der Waals surface area (Å²) in [5, 5.41) is 4.29. The Morgan fingerprint density at radius 2 is 1.71 bits per heavy atom. The topological polar surface area (TPSA) is 79.5 Å². The van der Waals surface area contributed by atoms with Crippen molar-refractivity contribution in [2.24, 2.45) is 0 Å². The monoisotopic (exact) mass is 416 g/mol. The molecule has 0 atom stereocenters. The number of hydrogen-bond acceptors (Lipinski definition) is 5. The van der Waals surface area contributed by atoms with Crippen LogP contribution >= 0.6 is 0 Å². The molecule has 0 saturated carbocycles. The lowest BCUT2D eigenvalue weighted by Gasteiger charge is -2.11. The summed E-state index contributed by atoms with van der Waals surface area (Å²) in [6, 6.07) is 17.2. The van der Waals surface area contributed by atoms with Gasteiger partial charge in [0.2, 0.25) is 0 Å². The second-order valence-electron chi connectivity index (χ2n) is 7.31. The van der Waals surface area contributed by atoms with Crippen molar-refractivity contribution in [1.29, 1.82) is 0 Å². The van der Waals surface area contributed by atoms with Crippen LogP contribution in [0.15, 0.2) is 60.8 Å². The van der Waals surface area contributed by atoms with E-state index in [1.165, 1.54) is 0 Å². The molecule has 0 bridgehead atoms. The van der Waals surface area contributed by atoms with E-state index in [9.17, 15) is 4.79 Å². The maximum absolute atomic E-state index is 12.1. The van der Waals surface area contributed by atoms with Crippen LogP contribution in [0.25, 0.3) is 22.2 Å². The first-order chi connectivity index (χ1) is 15.0. The van der Waals surface area contributed by atoms with Crippen molar-refractivity contribution in [3.63, 3.8) is 0 Å². The van der Waals surface area contributed by atoms with E-state index >= 15 is 0 Å². The van der Waals surface area contributed by atoms with Crippen LogP contribution in [0.5, 0.6) is 11.5 Å². The lowest BCUT2D eigenvalue weighted by molar-refractivity contribution is 0.0827. The maximum atomic E-state index is 12.1. The highest BCUT2D eigenvalue weighted by Gasteiger charge is 2.10. The molecule has 158 valence electrons. The highest BCUT2D eigenvalue weighted by Crippen LogP contribution is 2.31. The van der Waals surface area contributed by atoms with E-state index < -0.39 is 0 Å². The summed E-state index contributed by atoms with van der Waals surface area (Å²) in [7, 11) is 6.70. The Morgan fingerprint density at radius 1 is 0.968 bits per heavy atom. The van der Waals surface area contributed by atoms with E-state index in [2.05, 4.69) is 15.3 Å². The molecule has 1 amide bonds. The number of aromatic amines is 1. The summed E-state index contributed by atoms with van der Waals surface area (Å²) < 4.78 is 10.6. The summed E-state index contributed by atoms with van der Waals surface area (Å²) in [5.41, 5.74) is 4.43. The van der Waals surface area contributed by atoms with Crippen LogP contribution in [0.4, 0.5) is 11.5 Å². The number of H-pyrrole nitrogens is 1. The Kier molecular flexibility index (Phi) is 5.49. The normalized spacial score (nSPS) is 10.7. The number of carbonyl (C=O) groups is 1. The average molecular weight is 416 g/mol. The predicted molar refractivity (Wildman–Crippen MR) is 122 cm³/mol. The first kappa shape index (κ1) is 20.3. The molecule has 31 heavy (non-hydrogen) atoms. The van der Waals surface area contributed by atoms with E-state index in [0.29, 0.717) is 22.9 Å². The number of pyridine rings is 1. The SMILES string of the molecule is COc1ccc(Nc2cc3[nH]c(-c4ccc(C(=O)N(C)C)cc4)cc3cn2)cc1OC. The Labute approximate surface area is 180 Å². The van der Waals surface area contributed by atoms with Gasteiger partial charge in [-0.1, -0.05) is 12.1 Å². The Morgan fingerprint density at radius 3 is 2.39 bits per heavy atom. The molecule has 2 heterocycles. The number of methoxy groups -OCH3 is 2. The van der Waals surface area contributed by atoms with Crippen molar-refractivity contribution in [2.45, 2.75) is 0 Å². The number of fused-ring (bicyclic) bond motifs is 1. The van der Waals surface area contributed by atoms with Crippen LogP contribution in [0, 0.1) is 0 Å². The first-order valence-corrected chi connectivity index (χ1v) is 9.78. The van der Waals surface area contributed by atoms with Gasteiger partial charge >= 0.3 is 0 Å². The molecule has 7 heteroatoms. The van der Waals surface area contributed by atoms with Gasteiger partial charge in [0.05, 0.1) is 19.7 Å². The smallest absolute Gasteiger partial charge is 0.253 e. The number of benzene rings is 2. The fourth-order valence-electron chi connectivity index (χ4n) is 3.36. The van der Waals surface area contributed by atoms with Crippen molar-refractivity contribution >= 4 is 28.3 Å². The third kappa shape index (κ3) is 4.16. The van der Waals surface area contributed by atoms with E-state index in [0.717, 1.165) is 27.8 Å². The van der Waals surface area contributed by atoms with E-state index in [-0.39, 0.29) is 5.91 Å². The summed E-state index contributed by atoms with van der Waals surface area (Å²) in [4.78, 5) is 21.6. The zero-order valence-corrected chi connectivity index (χ0v) is 17.9. The largest absolute Gasteiger partial charge is 0.493 e. The van der Waals surface area contributed by atoms with Crippen molar-refractivity contribution in [3.8, 4) is 22.8 Å². The van der Waals surface area contributed by atoms with Gasteiger partial charge in [0, 0.05) is 54.8 Å². The number of hydrogen-bond donors (Lipinski definition) is 2. The van der Waals surface area contributed by atoms with E-state index in [1.54, 1.807) is 33.2 Å². The van der Waals surface area contributed by atoms with Crippen molar-refractivity contribution in [2.75, 3.05) is 33.6 Å². The summed E-state index contributed by atoms with van der Waals surface area (Å²) in [6.07, 6.45) is 1.82. The standard InChI is InChI=1S/C24H24N4O3/c1-28(2)24(29)16-7-5-15(6-8-16)19-11-17-14-25-23(13-20(17)27-19)26-18-9-10-21(30-3)22(12-18)31-4/h5-14,27H,1-4H3,(H,25,26). The second kappa shape index (κ2) is 8.39. The number of aromatic nitrogens is 2. The quantitative estimate of drug-likeness (QED) is 0.477. The number of rotatable bonds is 6. The van der Waals surface area contributed by atoms with Crippen LogP contribution in [-0.4, -0.2) is 49.1 Å². The minimum atomic E-state index is -0.0155. The van der Waals surface area contributed by atoms with Crippen LogP contribution in [0.1, 0.15) is 10.4 Å². The molecule has 0 spiro atoms. The average Bonchev–Trinajstić information content (AvgIpc) is 3.22. The van der Waals surface area contributed by atoms with Crippen molar-refractivity contribution in [1.82, 2.24) is 14.9 Å². The Hall–Kier alpha value is -4.00. The maximum Gasteiger partial charge on any atom is 0.253 e. The number of ether oxygens (including phenoxy) is 2. The third-order valence-corrected chi connectivity index (χ3v) is 5.01. The van der Waals surface area contributed by atoms with Gasteiger partial charge in [-0.05, 0) is 35.9 Å². The van der Waals surface area contributed by atoms with E-state index in [1.807, 2.05) is 60.8 Å². The summed E-state index contributed by atoms with van der Waals surface area (Å²) >= 11 is 0. The molecule has 2 aromatic heterocycles. The van der Waals surface area contributed by atoms with Gasteiger partial charge in [-0.25, -0.2) is 4.98 Å². The molecule has 4 rings (SSSR count). The van der Waals surface area contributed by atoms with Gasteiger partial charge in [-0.3, -0.25) is 4.79 Å². The molecule has 2 aromatic carbocycles. The van der Waals surface area contributed by atoms with E-state index in [4.69, 9.17) is 9.47 Å². The highest BCUT2D eigenvalue weighted by molar-refractivity contribution is 5.94. The van der Waals surface area contributed by atoms with Crippen LogP contribution in [-0.2, 0) is 0 Å². The molecule has 0 saturated heterocycles. The molecular weight excluding hydrogens is 392 g/mol. The fourth-order valence-corrected chi connectivity index (χ4v) is 3.36. The third-order valence-electron chi connectivity index (χ3n) is 5.01. The lowest BCUT2D eigenvalue weighted by atomic mass is 10.1. The van der Waals surface area contributed by atoms with Gasteiger partial charge in [-0.2, -0.15) is 0 Å². The molecule has 7 nitrogen and oxygen atoms in total. The Balaban J connectivity index is 1.58. The molecule has 0 aliphatic heterocycles. The van der Waals surface area contributed by atoms with Crippen LogP contribution in [0.2, 0.25) is 0 Å². The van der Waals surface area contributed by atoms with Crippen LogP contribution < -0.4 is 14.8 Å². The van der Waals surface area contributed by atoms with Gasteiger partial charge in [0.25, 0.3) is 5.91 Å². The molecular formula is C24H24N4O3. The fraction of sp³-hybridized carbons (Fsp3) is 0.167. The van der Waals surface area contributed by atoms with Crippen molar-refractivity contribution < 1.29 is 14.3 Å². The summed E-state index contributed by atoms with van der Waals surface area (Å²) in [6.45, 7) is 0. The van der Waals surface area contributed by atoms with Gasteiger partial charge in [0.15, 0.2) is 11.5 Å². The first-order valence-electron chi connectivity index (χ1n) is 9.78. The molecule has 0 fully saturated rings. The zero-order valence-electron chi connectivity index (χ0n) is 17.9. The molecule has 0 unspecified atom stereocenters. The molecule has 2 N–H and O–H groups in total. The van der Waals surface area contributed by atoms with Crippen LogP contribution in [0.3, 0.4) is 0 Å². The number of amides is 1. The van der Waals surface area contributed by atoms with Crippen molar-refractivity contribution in [3.05, 3.63) is 66.4 Å². The minimum Gasteiger partial charge on any atom is -0.493 e. The molecule has 0 aliphatic rings. The number of anilines is 2. The number of carbonyl (C=O) groups excluding carboxylic acids is 1. The minimum absolute atomic E-state index is 0.0155. The number of nitrogens with one attached hydrogen (secondary N) is 2. The molecule has 4 aromatic rings. The van der Waals surface area contributed by atoms with Gasteiger partial charge in [0.1, 0.15) is 5.82 Å². The van der Waals surface area contributed by atoms with Gasteiger partial charge in [-0.15, -0.1) is 0 Å². The molecule has 0 radical (unpaired) electrons. The summed E-state index contributed by atoms with van der Waals surface area (Å²) in [5.74, 6) is 2.01. The molecule has 0 aliphatic carbocycles. The predicted octanol–water partition coefficient (Wildman–Crippen LogP) is 4.69. The lowest BCUT2D eigenvalue weighted by Crippen LogP contribution is -2.21. The highest BCUT2D eigenvalue weighted by atomic mass is 16.5. The number of nitrogens with zero attached hydrogens (tertiary/aromatic N) is 2. The Bertz CT molecular complexity index is 1230. The van der Waals surface area contributed by atoms with Gasteiger partial charge < -0.3 is 24.7 Å².